The second-order valence-electron chi connectivity index (χ2n) is 9.24. The molecular formula is C30H28BrFN4O4. The molecule has 4 aromatic rings. The van der Waals surface area contributed by atoms with Gasteiger partial charge in [-0.2, -0.15) is 0 Å². The van der Waals surface area contributed by atoms with Crippen molar-refractivity contribution in [2.75, 3.05) is 11.9 Å². The van der Waals surface area contributed by atoms with E-state index in [1.807, 2.05) is 36.4 Å². The quantitative estimate of drug-likeness (QED) is 0.130. The zero-order chi connectivity index (χ0) is 28.8. The van der Waals surface area contributed by atoms with Gasteiger partial charge in [0.15, 0.2) is 0 Å². The van der Waals surface area contributed by atoms with Crippen LogP contribution in [0.5, 0.6) is 0 Å². The van der Waals surface area contributed by atoms with Gasteiger partial charge in [0.05, 0.1) is 28.0 Å². The van der Waals surface area contributed by atoms with Crippen LogP contribution in [0, 0.1) is 12.7 Å². The Balaban J connectivity index is 1.59. The molecule has 0 fully saturated rings. The number of carbonyl (C=O) groups excluding carboxylic acids is 3. The number of fused-ring (bicyclic) bond motifs is 1. The molecule has 0 aliphatic heterocycles. The Labute approximate surface area is 239 Å². The fraction of sp³-hybridized carbons (Fsp3) is 0.200. The fourth-order valence-electron chi connectivity index (χ4n) is 4.28. The topological polar surface area (TPSA) is 137 Å². The van der Waals surface area contributed by atoms with E-state index < -0.39 is 29.7 Å². The van der Waals surface area contributed by atoms with Gasteiger partial charge in [-0.1, -0.05) is 52.7 Å². The van der Waals surface area contributed by atoms with Gasteiger partial charge in [0.2, 0.25) is 0 Å². The van der Waals surface area contributed by atoms with Crippen LogP contribution in [0.3, 0.4) is 0 Å². The first kappa shape index (κ1) is 29.0. The minimum absolute atomic E-state index is 0.146. The van der Waals surface area contributed by atoms with Gasteiger partial charge in [-0.05, 0) is 68.3 Å². The Morgan fingerprint density at radius 1 is 1.05 bits per heavy atom. The van der Waals surface area contributed by atoms with Crippen molar-refractivity contribution in [1.82, 2.24) is 4.98 Å². The van der Waals surface area contributed by atoms with Gasteiger partial charge in [-0.25, -0.2) is 19.0 Å². The third kappa shape index (κ3) is 6.59. The van der Waals surface area contributed by atoms with E-state index in [2.05, 4.69) is 21.2 Å². The average molecular weight is 607 g/mol. The summed E-state index contributed by atoms with van der Waals surface area (Å²) in [5.41, 5.74) is 13.9. The maximum Gasteiger partial charge on any atom is 0.345 e. The van der Waals surface area contributed by atoms with Crippen molar-refractivity contribution in [3.05, 3.63) is 93.7 Å². The largest absolute Gasteiger partial charge is 0.388 e. The molecule has 4 rings (SSSR count). The van der Waals surface area contributed by atoms with Crippen molar-refractivity contribution < 1.29 is 23.5 Å². The number of carbonyl (C=O) groups is 3. The number of hydrogen-bond acceptors (Lipinski definition) is 7. The highest BCUT2D eigenvalue weighted by Crippen LogP contribution is 2.32. The van der Waals surface area contributed by atoms with Crippen LogP contribution < -0.4 is 16.8 Å². The van der Waals surface area contributed by atoms with Crippen molar-refractivity contribution in [2.24, 2.45) is 11.5 Å². The number of unbranched alkanes of at least 4 members (excludes halogenated alkanes) is 1. The van der Waals surface area contributed by atoms with Gasteiger partial charge in [-0.3, -0.25) is 4.79 Å². The molecule has 0 saturated heterocycles. The number of nitrogens with one attached hydrogen (secondary N) is 1. The molecule has 1 heterocycles. The lowest BCUT2D eigenvalue weighted by Gasteiger charge is -2.16. The number of aromatic nitrogens is 1. The third-order valence-electron chi connectivity index (χ3n) is 6.38. The number of anilines is 1. The number of hydrogen-bond donors (Lipinski definition) is 3. The molecule has 3 aromatic carbocycles. The van der Waals surface area contributed by atoms with Gasteiger partial charge >= 0.3 is 11.9 Å². The highest BCUT2D eigenvalue weighted by Gasteiger charge is 2.23. The van der Waals surface area contributed by atoms with Gasteiger partial charge in [0, 0.05) is 15.4 Å². The van der Waals surface area contributed by atoms with E-state index in [1.54, 1.807) is 19.1 Å². The minimum Gasteiger partial charge on any atom is -0.388 e. The monoisotopic (exact) mass is 606 g/mol. The van der Waals surface area contributed by atoms with Crippen molar-refractivity contribution in [1.29, 1.82) is 0 Å². The summed E-state index contributed by atoms with van der Waals surface area (Å²) in [5, 5.41) is 3.19. The molecule has 0 bridgehead atoms. The standard InChI is InChI=1S/C30H28BrFN4O4/c1-17-26(21-16-20(31)11-13-24(21)35-27(17)18-7-3-2-4-8-18)28(37)36-25-12-10-19(15-22(25)32)29(38)40-30(39)23(34)9-5-6-14-33/h2-4,7-8,10-13,15-16,23H,5-6,9,14,33-34H2,1H3,(H,36,37)/t23-/m0/s1. The van der Waals surface area contributed by atoms with Crippen LogP contribution in [0.1, 0.15) is 45.5 Å². The molecular weight excluding hydrogens is 579 g/mol. The molecule has 40 heavy (non-hydrogen) atoms. The average Bonchev–Trinajstić information content (AvgIpc) is 2.94. The number of pyridine rings is 1. The molecule has 0 spiro atoms. The third-order valence-corrected chi connectivity index (χ3v) is 6.88. The van der Waals surface area contributed by atoms with Crippen molar-refractivity contribution in [3.63, 3.8) is 0 Å². The second-order valence-corrected chi connectivity index (χ2v) is 10.2. The van der Waals surface area contributed by atoms with Crippen LogP contribution in [-0.2, 0) is 9.53 Å². The first-order chi connectivity index (χ1) is 19.2. The number of benzene rings is 3. The van der Waals surface area contributed by atoms with Crippen LogP contribution in [-0.4, -0.2) is 35.4 Å². The van der Waals surface area contributed by atoms with E-state index in [0.717, 1.165) is 16.1 Å². The molecule has 0 unspecified atom stereocenters. The number of rotatable bonds is 9. The first-order valence-electron chi connectivity index (χ1n) is 12.7. The van der Waals surface area contributed by atoms with Gasteiger partial charge in [0.25, 0.3) is 5.91 Å². The van der Waals surface area contributed by atoms with Gasteiger partial charge in [-0.15, -0.1) is 0 Å². The Hall–Kier alpha value is -3.99. The van der Waals surface area contributed by atoms with Gasteiger partial charge < -0.3 is 21.5 Å². The van der Waals surface area contributed by atoms with E-state index >= 15 is 4.39 Å². The number of halogens is 2. The Kier molecular flexibility index (Phi) is 9.36. The molecule has 8 nitrogen and oxygen atoms in total. The summed E-state index contributed by atoms with van der Waals surface area (Å²) in [7, 11) is 0. The molecule has 1 aromatic heterocycles. The van der Waals surface area contributed by atoms with Crippen molar-refractivity contribution in [3.8, 4) is 11.3 Å². The zero-order valence-corrected chi connectivity index (χ0v) is 23.3. The first-order valence-corrected chi connectivity index (χ1v) is 13.5. The predicted octanol–water partition coefficient (Wildman–Crippen LogP) is 5.50. The molecule has 1 amide bonds. The number of nitrogens with zero attached hydrogens (tertiary/aromatic N) is 1. The Bertz CT molecular complexity index is 1580. The van der Waals surface area contributed by atoms with Crippen LogP contribution in [0.4, 0.5) is 10.1 Å². The summed E-state index contributed by atoms with van der Waals surface area (Å²) in [6.45, 7) is 2.25. The van der Waals surface area contributed by atoms with E-state index in [4.69, 9.17) is 21.2 Å². The molecule has 10 heteroatoms. The van der Waals surface area contributed by atoms with Crippen LogP contribution in [0.25, 0.3) is 22.2 Å². The lowest BCUT2D eigenvalue weighted by molar-refractivity contribution is -0.139. The number of nitrogens with two attached hydrogens (primary N) is 2. The SMILES string of the molecule is Cc1c(-c2ccccc2)nc2ccc(Br)cc2c1C(=O)Nc1ccc(C(=O)OC(=O)[C@@H](N)CCCCN)cc1F. The summed E-state index contributed by atoms with van der Waals surface area (Å²) >= 11 is 3.44. The second kappa shape index (κ2) is 12.9. The molecule has 0 saturated carbocycles. The zero-order valence-electron chi connectivity index (χ0n) is 21.7. The number of amides is 1. The summed E-state index contributed by atoms with van der Waals surface area (Å²) in [6, 6.07) is 17.3. The highest BCUT2D eigenvalue weighted by atomic mass is 79.9. The van der Waals surface area contributed by atoms with Gasteiger partial charge in [0.1, 0.15) is 11.9 Å². The van der Waals surface area contributed by atoms with E-state index in [9.17, 15) is 14.4 Å². The lowest BCUT2D eigenvalue weighted by Crippen LogP contribution is -2.33. The maximum absolute atomic E-state index is 15.0. The molecule has 206 valence electrons. The number of esters is 2. The van der Waals surface area contributed by atoms with Crippen LogP contribution >= 0.6 is 15.9 Å². The molecule has 0 aliphatic carbocycles. The minimum atomic E-state index is -1.04. The van der Waals surface area contributed by atoms with Crippen molar-refractivity contribution >= 4 is 50.4 Å². The van der Waals surface area contributed by atoms with E-state index in [0.29, 0.717) is 53.5 Å². The summed E-state index contributed by atoms with van der Waals surface area (Å²) in [4.78, 5) is 42.9. The molecule has 0 radical (unpaired) electrons. The Morgan fingerprint density at radius 3 is 2.50 bits per heavy atom. The molecule has 5 N–H and O–H groups in total. The normalized spacial score (nSPS) is 11.7. The summed E-state index contributed by atoms with van der Waals surface area (Å²) < 4.78 is 20.6. The van der Waals surface area contributed by atoms with Crippen LogP contribution in [0.2, 0.25) is 0 Å². The number of ether oxygens (including phenoxy) is 1. The van der Waals surface area contributed by atoms with E-state index in [-0.39, 0.29) is 11.3 Å². The predicted molar refractivity (Wildman–Crippen MR) is 155 cm³/mol. The highest BCUT2D eigenvalue weighted by molar-refractivity contribution is 9.10. The smallest absolute Gasteiger partial charge is 0.345 e. The van der Waals surface area contributed by atoms with E-state index in [1.165, 1.54) is 12.1 Å². The van der Waals surface area contributed by atoms with Crippen molar-refractivity contribution in [2.45, 2.75) is 32.2 Å². The van der Waals surface area contributed by atoms with Crippen LogP contribution in [0.15, 0.2) is 71.2 Å². The summed E-state index contributed by atoms with van der Waals surface area (Å²) in [5.74, 6) is -3.36. The fourth-order valence-corrected chi connectivity index (χ4v) is 4.64. The maximum atomic E-state index is 15.0. The lowest BCUT2D eigenvalue weighted by atomic mass is 9.97. The molecule has 1 atom stereocenters. The Morgan fingerprint density at radius 2 is 1.80 bits per heavy atom. The summed E-state index contributed by atoms with van der Waals surface area (Å²) in [6.07, 6.45) is 1.61. The molecule has 0 aliphatic rings.